The Morgan fingerprint density at radius 3 is 2.15 bits per heavy atom. The number of ether oxygens (including phenoxy) is 2. The summed E-state index contributed by atoms with van der Waals surface area (Å²) in [6.07, 6.45) is 0. The predicted octanol–water partition coefficient (Wildman–Crippen LogP) is 3.72. The molecule has 27 heavy (non-hydrogen) atoms. The summed E-state index contributed by atoms with van der Waals surface area (Å²) in [5, 5.41) is 0.933. The van der Waals surface area contributed by atoms with E-state index >= 15 is 0 Å². The molecule has 0 bridgehead atoms. The van der Waals surface area contributed by atoms with E-state index < -0.39 is 14.6 Å². The fraction of sp³-hybridized carbons (Fsp3) is 0.429. The van der Waals surface area contributed by atoms with E-state index in [9.17, 15) is 0 Å². The van der Waals surface area contributed by atoms with Crippen LogP contribution in [0.4, 0.5) is 0 Å². The van der Waals surface area contributed by atoms with Crippen LogP contribution < -0.4 is 9.92 Å². The summed E-state index contributed by atoms with van der Waals surface area (Å²) in [5.74, 6) is 0.00749. The summed E-state index contributed by atoms with van der Waals surface area (Å²) in [4.78, 5) is 0. The highest BCUT2D eigenvalue weighted by Gasteiger charge is 2.44. The molecule has 3 rings (SSSR count). The third-order valence-corrected chi connectivity index (χ3v) is 7.55. The molecule has 0 saturated carbocycles. The van der Waals surface area contributed by atoms with Crippen LogP contribution in [-0.4, -0.2) is 28.6 Å². The van der Waals surface area contributed by atoms with E-state index in [1.54, 1.807) is 0 Å². The number of hydrogen-bond donors (Lipinski definition) is 0. The smallest absolute Gasteiger partial charge is 0.458 e. The summed E-state index contributed by atoms with van der Waals surface area (Å²) in [5.41, 5.74) is 1.96. The summed E-state index contributed by atoms with van der Waals surface area (Å²) >= 11 is 0. The minimum atomic E-state index is -2.94. The fourth-order valence-corrected chi connectivity index (χ4v) is 5.79. The topological polar surface area (TPSA) is 46.2 Å². The highest BCUT2D eigenvalue weighted by atomic mass is 28.4. The van der Waals surface area contributed by atoms with E-state index in [2.05, 4.69) is 0 Å². The lowest BCUT2D eigenvalue weighted by Gasteiger charge is -2.36. The molecule has 2 aromatic rings. The lowest BCUT2D eigenvalue weighted by molar-refractivity contribution is -0.201. The molecule has 0 amide bonds. The zero-order valence-corrected chi connectivity index (χ0v) is 17.5. The van der Waals surface area contributed by atoms with Crippen LogP contribution >= 0.6 is 0 Å². The number of hydrogen-bond acceptors (Lipinski definition) is 5. The van der Waals surface area contributed by atoms with Gasteiger partial charge in [-0.1, -0.05) is 36.4 Å². The van der Waals surface area contributed by atoms with Crippen LogP contribution in [0.3, 0.4) is 0 Å². The van der Waals surface area contributed by atoms with Crippen LogP contribution in [-0.2, 0) is 30.4 Å². The first-order valence-corrected chi connectivity index (χ1v) is 11.2. The molecule has 1 atom stereocenters. The molecule has 2 aromatic carbocycles. The summed E-state index contributed by atoms with van der Waals surface area (Å²) < 4.78 is 30.4. The van der Waals surface area contributed by atoms with Crippen molar-refractivity contribution in [2.75, 3.05) is 19.8 Å². The van der Waals surface area contributed by atoms with Gasteiger partial charge < -0.3 is 22.8 Å². The van der Waals surface area contributed by atoms with Crippen LogP contribution in [0.5, 0.6) is 5.75 Å². The molecule has 1 aliphatic heterocycles. The van der Waals surface area contributed by atoms with Gasteiger partial charge in [0.1, 0.15) is 5.75 Å². The third-order valence-electron chi connectivity index (χ3n) is 4.52. The summed E-state index contributed by atoms with van der Waals surface area (Å²) in [7, 11) is -2.94. The van der Waals surface area contributed by atoms with Gasteiger partial charge in [-0.25, -0.2) is 0 Å². The van der Waals surface area contributed by atoms with Gasteiger partial charge in [0.15, 0.2) is 0 Å². The van der Waals surface area contributed by atoms with E-state index in [1.165, 1.54) is 0 Å². The molecule has 0 aromatic heterocycles. The van der Waals surface area contributed by atoms with Crippen molar-refractivity contribution in [3.63, 3.8) is 0 Å². The van der Waals surface area contributed by atoms with Gasteiger partial charge >= 0.3 is 8.80 Å². The Morgan fingerprint density at radius 2 is 1.56 bits per heavy atom. The second kappa shape index (κ2) is 8.54. The van der Waals surface area contributed by atoms with Crippen molar-refractivity contribution in [1.29, 1.82) is 0 Å². The van der Waals surface area contributed by atoms with Gasteiger partial charge in [-0.3, -0.25) is 0 Å². The molecule has 0 N–H and O–H groups in total. The lowest BCUT2D eigenvalue weighted by atomic mass is 10.1. The maximum atomic E-state index is 6.22. The van der Waals surface area contributed by atoms with Crippen molar-refractivity contribution in [2.45, 2.75) is 40.1 Å². The van der Waals surface area contributed by atoms with Crippen LogP contribution in [0.25, 0.3) is 0 Å². The molecule has 6 heteroatoms. The average Bonchev–Trinajstić information content (AvgIpc) is 2.69. The molecule has 1 unspecified atom stereocenters. The largest absolute Gasteiger partial charge is 0.537 e. The Labute approximate surface area is 162 Å². The minimum Gasteiger partial charge on any atom is -0.458 e. The van der Waals surface area contributed by atoms with Crippen LogP contribution in [0, 0.1) is 0 Å². The Kier molecular flexibility index (Phi) is 6.34. The van der Waals surface area contributed by atoms with E-state index in [0.717, 1.165) is 22.1 Å². The van der Waals surface area contributed by atoms with E-state index in [4.69, 9.17) is 22.8 Å². The molecular weight excluding hydrogens is 360 g/mol. The number of benzene rings is 2. The van der Waals surface area contributed by atoms with Crippen molar-refractivity contribution in [3.05, 3.63) is 59.7 Å². The Morgan fingerprint density at radius 1 is 0.926 bits per heavy atom. The lowest BCUT2D eigenvalue weighted by Crippen LogP contribution is -2.57. The molecule has 5 nitrogen and oxygen atoms in total. The van der Waals surface area contributed by atoms with Gasteiger partial charge in [-0.2, -0.15) is 0 Å². The van der Waals surface area contributed by atoms with Crippen LogP contribution in [0.15, 0.2) is 48.5 Å². The van der Waals surface area contributed by atoms with Gasteiger partial charge in [0.2, 0.25) is 5.79 Å². The van der Waals surface area contributed by atoms with Crippen molar-refractivity contribution in [2.24, 2.45) is 0 Å². The highest BCUT2D eigenvalue weighted by molar-refractivity contribution is 6.75. The van der Waals surface area contributed by atoms with Gasteiger partial charge in [0, 0.05) is 43.1 Å². The zero-order chi connectivity index (χ0) is 19.3. The number of rotatable bonds is 8. The average molecular weight is 389 g/mol. The monoisotopic (exact) mass is 388 g/mol. The maximum absolute atomic E-state index is 6.22. The van der Waals surface area contributed by atoms with Gasteiger partial charge in [0.05, 0.1) is 6.61 Å². The zero-order valence-electron chi connectivity index (χ0n) is 16.5. The van der Waals surface area contributed by atoms with Crippen molar-refractivity contribution in [3.8, 4) is 5.75 Å². The molecule has 0 fully saturated rings. The third kappa shape index (κ3) is 4.10. The Bertz CT molecular complexity index is 734. The molecule has 0 radical (unpaired) electrons. The molecule has 1 aliphatic rings. The van der Waals surface area contributed by atoms with Crippen molar-refractivity contribution >= 4 is 14.0 Å². The molecule has 1 heterocycles. The van der Waals surface area contributed by atoms with Gasteiger partial charge in [-0.05, 0) is 32.9 Å². The first-order chi connectivity index (χ1) is 13.1. The standard InChI is InChI=1S/C21H28O5Si/c1-5-23-27(24-6-2,25-7-3)19-13-14-20-17(15-19)16-22-21(4,26-20)18-11-9-8-10-12-18/h8-15H,5-7,16H2,1-4H3. The Hall–Kier alpha value is -1.70. The molecule has 0 spiro atoms. The minimum absolute atomic E-state index is 0.448. The Balaban J connectivity index is 1.92. The van der Waals surface area contributed by atoms with Crippen molar-refractivity contribution in [1.82, 2.24) is 0 Å². The molecule has 146 valence electrons. The summed E-state index contributed by atoms with van der Waals surface area (Å²) in [6.45, 7) is 9.84. The molecule has 0 saturated heterocycles. The van der Waals surface area contributed by atoms with E-state index in [0.29, 0.717) is 26.4 Å². The fourth-order valence-electron chi connectivity index (χ4n) is 3.27. The first-order valence-electron chi connectivity index (χ1n) is 9.50. The first kappa shape index (κ1) is 20.0. The normalized spacial score (nSPS) is 19.4. The SMILES string of the molecule is CCO[Si](OCC)(OCC)c1ccc2c(c1)COC(C)(c1ccccc1)O2. The van der Waals surface area contributed by atoms with Gasteiger partial charge in [0.25, 0.3) is 0 Å². The second-order valence-corrected chi connectivity index (χ2v) is 8.94. The summed E-state index contributed by atoms with van der Waals surface area (Å²) in [6, 6.07) is 16.0. The van der Waals surface area contributed by atoms with Crippen molar-refractivity contribution < 1.29 is 22.8 Å². The number of fused-ring (bicyclic) bond motifs is 1. The predicted molar refractivity (Wildman–Crippen MR) is 106 cm³/mol. The molecule has 0 aliphatic carbocycles. The highest BCUT2D eigenvalue weighted by Crippen LogP contribution is 2.37. The van der Waals surface area contributed by atoms with E-state index in [1.807, 2.05) is 76.2 Å². The van der Waals surface area contributed by atoms with Gasteiger partial charge in [-0.15, -0.1) is 0 Å². The van der Waals surface area contributed by atoms with E-state index in [-0.39, 0.29) is 0 Å². The molecular formula is C21H28O5Si. The quantitative estimate of drug-likeness (QED) is 0.645. The second-order valence-electron chi connectivity index (χ2n) is 6.38. The van der Waals surface area contributed by atoms with Crippen LogP contribution in [0.2, 0.25) is 0 Å². The van der Waals surface area contributed by atoms with Crippen LogP contribution in [0.1, 0.15) is 38.8 Å². The maximum Gasteiger partial charge on any atom is 0.537 e.